The number of amides is 1. The predicted molar refractivity (Wildman–Crippen MR) is 122 cm³/mol. The monoisotopic (exact) mass is 427 g/mol. The molecule has 2 heterocycles. The fourth-order valence-corrected chi connectivity index (χ4v) is 4.28. The van der Waals surface area contributed by atoms with Gasteiger partial charge in [0.15, 0.2) is 16.9 Å². The lowest BCUT2D eigenvalue weighted by Gasteiger charge is -2.25. The molecule has 160 valence electrons. The van der Waals surface area contributed by atoms with Crippen molar-refractivity contribution in [3.63, 3.8) is 0 Å². The van der Waals surface area contributed by atoms with Crippen molar-refractivity contribution in [3.8, 4) is 11.5 Å². The van der Waals surface area contributed by atoms with Crippen molar-refractivity contribution in [1.29, 1.82) is 0 Å². The Morgan fingerprint density at radius 2 is 1.62 bits per heavy atom. The summed E-state index contributed by atoms with van der Waals surface area (Å²) in [6, 6.07) is 19.4. The maximum absolute atomic E-state index is 13.7. The largest absolute Gasteiger partial charge is 0.493 e. The molecule has 0 aliphatic carbocycles. The molecule has 5 rings (SSSR count). The van der Waals surface area contributed by atoms with Crippen LogP contribution in [0.5, 0.6) is 11.5 Å². The SMILES string of the molecule is COc1ccc(C2c3c(oc4ccc(C)cc4c3=O)C(=O)N2c2ccccc2)cc1OC. The second-order valence-electron chi connectivity index (χ2n) is 7.70. The van der Waals surface area contributed by atoms with Gasteiger partial charge in [-0.15, -0.1) is 0 Å². The molecule has 0 saturated carbocycles. The topological polar surface area (TPSA) is 69.0 Å². The van der Waals surface area contributed by atoms with Crippen LogP contribution in [0.1, 0.15) is 33.3 Å². The average Bonchev–Trinajstić information content (AvgIpc) is 3.12. The summed E-state index contributed by atoms with van der Waals surface area (Å²) < 4.78 is 16.9. The zero-order chi connectivity index (χ0) is 22.4. The maximum Gasteiger partial charge on any atom is 0.295 e. The van der Waals surface area contributed by atoms with Gasteiger partial charge >= 0.3 is 0 Å². The van der Waals surface area contributed by atoms with Gasteiger partial charge < -0.3 is 13.9 Å². The number of hydrogen-bond acceptors (Lipinski definition) is 5. The number of carbonyl (C=O) groups is 1. The number of para-hydroxylation sites is 1. The third-order valence-electron chi connectivity index (χ3n) is 5.78. The van der Waals surface area contributed by atoms with Crippen LogP contribution in [-0.2, 0) is 0 Å². The fourth-order valence-electron chi connectivity index (χ4n) is 4.28. The minimum atomic E-state index is -0.666. The van der Waals surface area contributed by atoms with Gasteiger partial charge in [0.05, 0.1) is 31.2 Å². The Morgan fingerprint density at radius 3 is 2.34 bits per heavy atom. The van der Waals surface area contributed by atoms with Gasteiger partial charge in [0.1, 0.15) is 5.58 Å². The maximum atomic E-state index is 13.7. The number of hydrogen-bond donors (Lipinski definition) is 0. The first kappa shape index (κ1) is 19.9. The summed E-state index contributed by atoms with van der Waals surface area (Å²) in [5.74, 6) is 0.786. The highest BCUT2D eigenvalue weighted by Gasteiger charge is 2.43. The molecule has 1 aromatic heterocycles. The normalized spacial score (nSPS) is 15.2. The molecule has 0 radical (unpaired) electrons. The molecule has 1 unspecified atom stereocenters. The number of methoxy groups -OCH3 is 2. The van der Waals surface area contributed by atoms with Gasteiger partial charge in [-0.05, 0) is 48.9 Å². The molecule has 1 atom stereocenters. The van der Waals surface area contributed by atoms with Gasteiger partial charge in [0.2, 0.25) is 5.76 Å². The predicted octanol–water partition coefficient (Wildman–Crippen LogP) is 4.87. The highest BCUT2D eigenvalue weighted by Crippen LogP contribution is 2.43. The number of fused-ring (bicyclic) bond motifs is 2. The zero-order valence-electron chi connectivity index (χ0n) is 17.9. The van der Waals surface area contributed by atoms with E-state index in [4.69, 9.17) is 13.9 Å². The average molecular weight is 427 g/mol. The first-order valence-corrected chi connectivity index (χ1v) is 10.2. The van der Waals surface area contributed by atoms with E-state index in [-0.39, 0.29) is 17.1 Å². The van der Waals surface area contributed by atoms with Crippen LogP contribution in [0, 0.1) is 6.92 Å². The van der Waals surface area contributed by atoms with Gasteiger partial charge in [0, 0.05) is 5.69 Å². The van der Waals surface area contributed by atoms with Crippen molar-refractivity contribution < 1.29 is 18.7 Å². The van der Waals surface area contributed by atoms with Gasteiger partial charge in [-0.2, -0.15) is 0 Å². The van der Waals surface area contributed by atoms with Gasteiger partial charge in [-0.1, -0.05) is 35.9 Å². The highest BCUT2D eigenvalue weighted by molar-refractivity contribution is 6.10. The third-order valence-corrected chi connectivity index (χ3v) is 5.78. The molecule has 0 spiro atoms. The molecule has 1 aliphatic heterocycles. The van der Waals surface area contributed by atoms with E-state index in [2.05, 4.69) is 0 Å². The molecule has 1 aliphatic rings. The minimum absolute atomic E-state index is 0.0648. The van der Waals surface area contributed by atoms with Crippen LogP contribution in [-0.4, -0.2) is 20.1 Å². The molecule has 32 heavy (non-hydrogen) atoms. The summed E-state index contributed by atoms with van der Waals surface area (Å²) in [7, 11) is 3.11. The van der Waals surface area contributed by atoms with E-state index in [1.54, 1.807) is 43.4 Å². The molecule has 0 fully saturated rings. The summed E-state index contributed by atoms with van der Waals surface area (Å²) in [5.41, 5.74) is 2.84. The summed E-state index contributed by atoms with van der Waals surface area (Å²) in [6.45, 7) is 1.92. The lowest BCUT2D eigenvalue weighted by molar-refractivity contribution is 0.0971. The second kappa shape index (κ2) is 7.57. The molecular weight excluding hydrogens is 406 g/mol. The lowest BCUT2D eigenvalue weighted by Crippen LogP contribution is -2.29. The summed E-state index contributed by atoms with van der Waals surface area (Å²) >= 11 is 0. The van der Waals surface area contributed by atoms with Crippen LogP contribution in [0.3, 0.4) is 0 Å². The summed E-state index contributed by atoms with van der Waals surface area (Å²) in [5, 5.41) is 0.455. The number of ether oxygens (including phenoxy) is 2. The van der Waals surface area contributed by atoms with Crippen molar-refractivity contribution in [2.24, 2.45) is 0 Å². The number of benzene rings is 3. The standard InChI is InChI=1S/C26H21NO5/c1-15-9-11-19-18(13-15)24(28)22-23(16-10-12-20(30-2)21(14-16)31-3)27(26(29)25(22)32-19)17-7-5-4-6-8-17/h4-14,23H,1-3H3. The minimum Gasteiger partial charge on any atom is -0.493 e. The van der Waals surface area contributed by atoms with E-state index in [9.17, 15) is 9.59 Å². The van der Waals surface area contributed by atoms with Crippen LogP contribution < -0.4 is 19.8 Å². The van der Waals surface area contributed by atoms with E-state index in [1.165, 1.54) is 0 Å². The van der Waals surface area contributed by atoms with E-state index in [1.807, 2.05) is 49.4 Å². The number of nitrogens with zero attached hydrogens (tertiary/aromatic N) is 1. The van der Waals surface area contributed by atoms with Crippen LogP contribution in [0.4, 0.5) is 5.69 Å². The first-order chi connectivity index (χ1) is 15.5. The van der Waals surface area contributed by atoms with E-state index < -0.39 is 6.04 Å². The van der Waals surface area contributed by atoms with E-state index >= 15 is 0 Å². The molecule has 6 heteroatoms. The number of rotatable bonds is 4. The number of anilines is 1. The number of aryl methyl sites for hydroxylation is 1. The Bertz CT molecular complexity index is 1410. The summed E-state index contributed by atoms with van der Waals surface area (Å²) in [4.78, 5) is 28.8. The second-order valence-corrected chi connectivity index (χ2v) is 7.70. The molecule has 4 aromatic rings. The third kappa shape index (κ3) is 2.95. The Balaban J connectivity index is 1.82. The van der Waals surface area contributed by atoms with Crippen LogP contribution in [0.2, 0.25) is 0 Å². The highest BCUT2D eigenvalue weighted by atomic mass is 16.5. The van der Waals surface area contributed by atoms with Gasteiger partial charge in [-0.25, -0.2) is 0 Å². The molecule has 0 N–H and O–H groups in total. The summed E-state index contributed by atoms with van der Waals surface area (Å²) in [6.07, 6.45) is 0. The first-order valence-electron chi connectivity index (χ1n) is 10.2. The van der Waals surface area contributed by atoms with Crippen molar-refractivity contribution >= 4 is 22.6 Å². The van der Waals surface area contributed by atoms with Crippen molar-refractivity contribution in [1.82, 2.24) is 0 Å². The van der Waals surface area contributed by atoms with Crippen molar-refractivity contribution in [2.75, 3.05) is 19.1 Å². The molecule has 0 bridgehead atoms. The Morgan fingerprint density at radius 1 is 0.875 bits per heavy atom. The zero-order valence-corrected chi connectivity index (χ0v) is 17.9. The van der Waals surface area contributed by atoms with Crippen LogP contribution in [0.15, 0.2) is 75.9 Å². The Labute approximate surface area is 184 Å². The molecule has 6 nitrogen and oxygen atoms in total. The fraction of sp³-hybridized carbons (Fsp3) is 0.154. The van der Waals surface area contributed by atoms with Gasteiger partial charge in [-0.3, -0.25) is 14.5 Å². The molecule has 0 saturated heterocycles. The smallest absolute Gasteiger partial charge is 0.295 e. The lowest BCUT2D eigenvalue weighted by atomic mass is 9.97. The van der Waals surface area contributed by atoms with Crippen molar-refractivity contribution in [3.05, 3.63) is 99.4 Å². The molecular formula is C26H21NO5. The molecule has 3 aromatic carbocycles. The van der Waals surface area contributed by atoms with Gasteiger partial charge in [0.25, 0.3) is 5.91 Å². The van der Waals surface area contributed by atoms with E-state index in [0.29, 0.717) is 33.7 Å². The number of carbonyl (C=O) groups excluding carboxylic acids is 1. The molecule has 1 amide bonds. The van der Waals surface area contributed by atoms with E-state index in [0.717, 1.165) is 11.1 Å². The quantitative estimate of drug-likeness (QED) is 0.465. The Hall–Kier alpha value is -4.06. The van der Waals surface area contributed by atoms with Crippen LogP contribution >= 0.6 is 0 Å². The Kier molecular flexibility index (Phi) is 4.70. The van der Waals surface area contributed by atoms with Crippen molar-refractivity contribution in [2.45, 2.75) is 13.0 Å². The van der Waals surface area contributed by atoms with Crippen LogP contribution in [0.25, 0.3) is 11.0 Å².